The van der Waals surface area contributed by atoms with Crippen molar-refractivity contribution in [2.75, 3.05) is 18.0 Å². The molecule has 1 fully saturated rings. The van der Waals surface area contributed by atoms with Crippen LogP contribution in [-0.4, -0.2) is 43.7 Å². The van der Waals surface area contributed by atoms with Gasteiger partial charge in [-0.15, -0.1) is 0 Å². The Balaban J connectivity index is 1.45. The highest BCUT2D eigenvalue weighted by Gasteiger charge is 2.27. The van der Waals surface area contributed by atoms with Crippen LogP contribution in [0.3, 0.4) is 0 Å². The van der Waals surface area contributed by atoms with Gasteiger partial charge in [0.05, 0.1) is 24.8 Å². The minimum absolute atomic E-state index is 0.0846. The summed E-state index contributed by atoms with van der Waals surface area (Å²) in [6.07, 6.45) is 7.07. The summed E-state index contributed by atoms with van der Waals surface area (Å²) in [5.74, 6) is 1.52. The third kappa shape index (κ3) is 4.47. The van der Waals surface area contributed by atoms with Crippen molar-refractivity contribution >= 4 is 17.1 Å². The molecule has 0 N–H and O–H groups in total. The Bertz CT molecular complexity index is 1310. The number of fused-ring (bicyclic) bond motifs is 1. The minimum atomic E-state index is 0.0846. The molecule has 0 aliphatic carbocycles. The fourth-order valence-electron chi connectivity index (χ4n) is 4.51. The van der Waals surface area contributed by atoms with Crippen LogP contribution in [-0.2, 0) is 18.9 Å². The van der Waals surface area contributed by atoms with Gasteiger partial charge in [-0.05, 0) is 41.2 Å². The molecule has 0 saturated carbocycles. The monoisotopic (exact) mass is 456 g/mol. The van der Waals surface area contributed by atoms with Gasteiger partial charge >= 0.3 is 0 Å². The fraction of sp³-hybridized carbons (Fsp3) is 0.407. The summed E-state index contributed by atoms with van der Waals surface area (Å²) >= 11 is 0. The molecule has 7 nitrogen and oxygen atoms in total. The molecule has 7 heteroatoms. The van der Waals surface area contributed by atoms with E-state index in [1.54, 1.807) is 12.4 Å². The van der Waals surface area contributed by atoms with Gasteiger partial charge in [-0.25, -0.2) is 9.97 Å². The topological polar surface area (TPSA) is 69.0 Å². The third-order valence-corrected chi connectivity index (χ3v) is 6.57. The first-order valence-corrected chi connectivity index (χ1v) is 11.9. The Morgan fingerprint density at radius 2 is 2.00 bits per heavy atom. The Labute approximate surface area is 200 Å². The molecular formula is C27H32N6O. The van der Waals surface area contributed by atoms with Gasteiger partial charge in [0.2, 0.25) is 5.95 Å². The summed E-state index contributed by atoms with van der Waals surface area (Å²) < 4.78 is 8.15. The van der Waals surface area contributed by atoms with E-state index in [0.29, 0.717) is 0 Å². The van der Waals surface area contributed by atoms with Crippen LogP contribution in [0.2, 0.25) is 0 Å². The van der Waals surface area contributed by atoms with Crippen LogP contribution in [0.5, 0.6) is 5.75 Å². The van der Waals surface area contributed by atoms with Crippen LogP contribution in [0, 0.1) is 6.92 Å². The Kier molecular flexibility index (Phi) is 5.71. The number of nitrogens with zero attached hydrogens (tertiary/aromatic N) is 6. The second-order valence-corrected chi connectivity index (χ2v) is 10.2. The van der Waals surface area contributed by atoms with Crippen LogP contribution in [0.25, 0.3) is 11.2 Å². The lowest BCUT2D eigenvalue weighted by Crippen LogP contribution is -2.26. The van der Waals surface area contributed by atoms with Gasteiger partial charge in [-0.2, -0.15) is 4.98 Å². The average Bonchev–Trinajstić information content (AvgIpc) is 3.42. The van der Waals surface area contributed by atoms with Crippen LogP contribution in [0.15, 0.2) is 49.1 Å². The standard InChI is InChI=1S/C27H32N6O/c1-18-8-9-20(27(2,3)4)13-19(18)14-23-24-25(29-17-32(24)5)31-26(30-23)33-12-10-22(16-33)34-21-7-6-11-28-15-21/h6-9,11,13,15,17,22H,10,12,14,16H2,1-5H3. The normalized spacial score (nSPS) is 16.4. The largest absolute Gasteiger partial charge is 0.487 e. The number of benzene rings is 1. The van der Waals surface area contributed by atoms with Crippen molar-refractivity contribution in [1.82, 2.24) is 24.5 Å². The molecular weight excluding hydrogens is 424 g/mol. The second kappa shape index (κ2) is 8.70. The molecule has 1 unspecified atom stereocenters. The zero-order valence-electron chi connectivity index (χ0n) is 20.6. The van der Waals surface area contributed by atoms with Crippen molar-refractivity contribution in [1.29, 1.82) is 0 Å². The van der Waals surface area contributed by atoms with Crippen molar-refractivity contribution in [2.24, 2.45) is 7.05 Å². The maximum Gasteiger partial charge on any atom is 0.227 e. The number of imidazole rings is 1. The molecule has 0 radical (unpaired) electrons. The van der Waals surface area contributed by atoms with Gasteiger partial charge in [0.15, 0.2) is 5.65 Å². The lowest BCUT2D eigenvalue weighted by molar-refractivity contribution is 0.224. The Hall–Kier alpha value is -3.48. The van der Waals surface area contributed by atoms with E-state index in [2.05, 4.69) is 60.8 Å². The minimum Gasteiger partial charge on any atom is -0.487 e. The number of aromatic nitrogens is 5. The van der Waals surface area contributed by atoms with Crippen molar-refractivity contribution in [3.63, 3.8) is 0 Å². The van der Waals surface area contributed by atoms with E-state index >= 15 is 0 Å². The van der Waals surface area contributed by atoms with E-state index < -0.39 is 0 Å². The number of hydrogen-bond acceptors (Lipinski definition) is 6. The number of ether oxygens (including phenoxy) is 1. The van der Waals surface area contributed by atoms with Crippen molar-refractivity contribution in [2.45, 2.75) is 52.1 Å². The molecule has 1 atom stereocenters. The molecule has 4 heterocycles. The molecule has 176 valence electrons. The molecule has 1 aliphatic rings. The SMILES string of the molecule is Cc1ccc(C(C)(C)C)cc1Cc1nc(N2CCC(Oc3cccnc3)C2)nc2ncn(C)c12. The zero-order chi connectivity index (χ0) is 23.9. The molecule has 3 aromatic heterocycles. The first kappa shape index (κ1) is 22.3. The molecule has 1 aromatic carbocycles. The van der Waals surface area contributed by atoms with Crippen molar-refractivity contribution in [3.8, 4) is 5.75 Å². The van der Waals surface area contributed by atoms with Crippen LogP contribution < -0.4 is 9.64 Å². The second-order valence-electron chi connectivity index (χ2n) is 10.2. The molecule has 1 saturated heterocycles. The van der Waals surface area contributed by atoms with Crippen LogP contribution >= 0.6 is 0 Å². The fourth-order valence-corrected chi connectivity index (χ4v) is 4.51. The highest BCUT2D eigenvalue weighted by molar-refractivity contribution is 5.75. The Morgan fingerprint density at radius 1 is 1.15 bits per heavy atom. The molecule has 5 rings (SSSR count). The first-order valence-electron chi connectivity index (χ1n) is 11.9. The average molecular weight is 457 g/mol. The van der Waals surface area contributed by atoms with E-state index in [1.807, 2.05) is 30.1 Å². The maximum absolute atomic E-state index is 6.13. The zero-order valence-corrected chi connectivity index (χ0v) is 20.6. The number of pyridine rings is 1. The van der Waals surface area contributed by atoms with E-state index in [0.717, 1.165) is 54.5 Å². The lowest BCUT2D eigenvalue weighted by Gasteiger charge is -2.21. The van der Waals surface area contributed by atoms with Crippen molar-refractivity contribution in [3.05, 3.63) is 71.4 Å². The number of anilines is 1. The predicted molar refractivity (Wildman–Crippen MR) is 134 cm³/mol. The van der Waals surface area contributed by atoms with E-state index in [1.165, 1.54) is 16.7 Å². The number of aryl methyl sites for hydroxylation is 2. The molecule has 0 bridgehead atoms. The van der Waals surface area contributed by atoms with Gasteiger partial charge in [0, 0.05) is 32.6 Å². The van der Waals surface area contributed by atoms with Gasteiger partial charge in [0.1, 0.15) is 17.4 Å². The van der Waals surface area contributed by atoms with Gasteiger partial charge in [-0.1, -0.05) is 39.0 Å². The summed E-state index contributed by atoms with van der Waals surface area (Å²) in [7, 11) is 2.01. The smallest absolute Gasteiger partial charge is 0.227 e. The number of rotatable bonds is 5. The molecule has 0 spiro atoms. The third-order valence-electron chi connectivity index (χ3n) is 6.57. The van der Waals surface area contributed by atoms with Crippen LogP contribution in [0.1, 0.15) is 49.6 Å². The molecule has 34 heavy (non-hydrogen) atoms. The molecule has 0 amide bonds. The van der Waals surface area contributed by atoms with E-state index in [9.17, 15) is 0 Å². The predicted octanol–water partition coefficient (Wildman–Crippen LogP) is 4.61. The van der Waals surface area contributed by atoms with E-state index in [-0.39, 0.29) is 11.5 Å². The highest BCUT2D eigenvalue weighted by Crippen LogP contribution is 2.28. The van der Waals surface area contributed by atoms with E-state index in [4.69, 9.17) is 14.7 Å². The quantitative estimate of drug-likeness (QED) is 0.437. The highest BCUT2D eigenvalue weighted by atomic mass is 16.5. The molecule has 1 aliphatic heterocycles. The summed E-state index contributed by atoms with van der Waals surface area (Å²) in [4.78, 5) is 20.8. The first-order chi connectivity index (χ1) is 16.3. The Morgan fingerprint density at radius 3 is 2.76 bits per heavy atom. The molecule has 4 aromatic rings. The summed E-state index contributed by atoms with van der Waals surface area (Å²) in [6, 6.07) is 10.6. The summed E-state index contributed by atoms with van der Waals surface area (Å²) in [6.45, 7) is 10.5. The van der Waals surface area contributed by atoms with Gasteiger partial charge in [0.25, 0.3) is 0 Å². The lowest BCUT2D eigenvalue weighted by atomic mass is 9.84. The van der Waals surface area contributed by atoms with Crippen molar-refractivity contribution < 1.29 is 4.74 Å². The van der Waals surface area contributed by atoms with Gasteiger partial charge < -0.3 is 14.2 Å². The van der Waals surface area contributed by atoms with Gasteiger partial charge in [-0.3, -0.25) is 4.98 Å². The number of hydrogen-bond donors (Lipinski definition) is 0. The van der Waals surface area contributed by atoms with Crippen LogP contribution in [0.4, 0.5) is 5.95 Å². The maximum atomic E-state index is 6.13. The summed E-state index contributed by atoms with van der Waals surface area (Å²) in [5.41, 5.74) is 6.73. The summed E-state index contributed by atoms with van der Waals surface area (Å²) in [5, 5.41) is 0.